The summed E-state index contributed by atoms with van der Waals surface area (Å²) in [4.78, 5) is 18.3. The fraction of sp³-hybridized carbons (Fsp3) is 0.538. The molecule has 4 nitrogen and oxygen atoms in total. The molecule has 2 atom stereocenters. The molecule has 2 unspecified atom stereocenters. The van der Waals surface area contributed by atoms with E-state index < -0.39 is 0 Å². The molecule has 1 amide bonds. The smallest absolute Gasteiger partial charge is 0.272 e. The van der Waals surface area contributed by atoms with Gasteiger partial charge in [0.15, 0.2) is 0 Å². The number of hydrogen-bond acceptors (Lipinski definition) is 3. The summed E-state index contributed by atoms with van der Waals surface area (Å²) in [5, 5.41) is 0. The lowest BCUT2D eigenvalue weighted by atomic mass is 9.93. The number of aromatic nitrogens is 1. The molecule has 1 saturated heterocycles. The number of carbonyl (C=O) groups is 1. The topological polar surface area (TPSA) is 59.2 Å². The van der Waals surface area contributed by atoms with Crippen LogP contribution in [0.2, 0.25) is 0 Å². The largest absolute Gasteiger partial charge is 0.384 e. The quantitative estimate of drug-likeness (QED) is 0.806. The van der Waals surface area contributed by atoms with Crippen LogP contribution in [0.25, 0.3) is 0 Å². The van der Waals surface area contributed by atoms with Crippen molar-refractivity contribution in [1.82, 2.24) is 9.88 Å². The lowest BCUT2D eigenvalue weighted by Gasteiger charge is -2.36. The molecule has 0 aliphatic carbocycles. The van der Waals surface area contributed by atoms with E-state index in [9.17, 15) is 4.79 Å². The first kappa shape index (κ1) is 11.9. The van der Waals surface area contributed by atoms with Crippen LogP contribution in [-0.4, -0.2) is 28.4 Å². The molecule has 1 aliphatic heterocycles. The lowest BCUT2D eigenvalue weighted by Crippen LogP contribution is -2.44. The Kier molecular flexibility index (Phi) is 3.31. The number of amides is 1. The third-order valence-corrected chi connectivity index (χ3v) is 3.39. The zero-order valence-corrected chi connectivity index (χ0v) is 10.4. The molecule has 2 N–H and O–H groups in total. The maximum absolute atomic E-state index is 12.3. The van der Waals surface area contributed by atoms with Crippen molar-refractivity contribution in [2.75, 3.05) is 12.3 Å². The van der Waals surface area contributed by atoms with E-state index in [0.29, 0.717) is 17.4 Å². The average molecular weight is 233 g/mol. The van der Waals surface area contributed by atoms with Crippen LogP contribution in [0, 0.1) is 5.92 Å². The molecule has 0 saturated carbocycles. The van der Waals surface area contributed by atoms with E-state index in [1.165, 1.54) is 0 Å². The molecule has 4 heteroatoms. The number of nitrogens with zero attached hydrogens (tertiary/aromatic N) is 2. The van der Waals surface area contributed by atoms with E-state index >= 15 is 0 Å². The Balaban J connectivity index is 2.15. The maximum Gasteiger partial charge on any atom is 0.272 e. The second kappa shape index (κ2) is 4.73. The summed E-state index contributed by atoms with van der Waals surface area (Å²) in [7, 11) is 0. The number of rotatable bonds is 1. The van der Waals surface area contributed by atoms with Crippen molar-refractivity contribution in [3.63, 3.8) is 0 Å². The van der Waals surface area contributed by atoms with Gasteiger partial charge < -0.3 is 10.6 Å². The first-order chi connectivity index (χ1) is 8.08. The van der Waals surface area contributed by atoms with E-state index in [1.54, 1.807) is 18.2 Å². The van der Waals surface area contributed by atoms with Crippen LogP contribution in [0.4, 0.5) is 5.82 Å². The number of hydrogen-bond donors (Lipinski definition) is 1. The van der Waals surface area contributed by atoms with Crippen LogP contribution < -0.4 is 5.73 Å². The minimum Gasteiger partial charge on any atom is -0.384 e. The standard InChI is InChI=1S/C13H19N3O/c1-9-6-7-16(10(2)8-9)13(17)11-4-3-5-12(14)15-11/h3-5,9-10H,6-8H2,1-2H3,(H2,14,15). The van der Waals surface area contributed by atoms with Gasteiger partial charge in [0.1, 0.15) is 11.5 Å². The second-order valence-electron chi connectivity index (χ2n) is 4.92. The van der Waals surface area contributed by atoms with Gasteiger partial charge in [-0.1, -0.05) is 13.0 Å². The zero-order valence-electron chi connectivity index (χ0n) is 10.4. The van der Waals surface area contributed by atoms with Gasteiger partial charge in [-0.25, -0.2) is 4.98 Å². The Bertz CT molecular complexity index is 419. The maximum atomic E-state index is 12.3. The molecular formula is C13H19N3O. The van der Waals surface area contributed by atoms with Crippen LogP contribution in [0.1, 0.15) is 37.2 Å². The number of likely N-dealkylation sites (tertiary alicyclic amines) is 1. The summed E-state index contributed by atoms with van der Waals surface area (Å²) in [5.74, 6) is 1.09. The molecule has 0 aromatic carbocycles. The van der Waals surface area contributed by atoms with Gasteiger partial charge in [0.25, 0.3) is 5.91 Å². The molecule has 1 fully saturated rings. The van der Waals surface area contributed by atoms with E-state index in [2.05, 4.69) is 18.8 Å². The van der Waals surface area contributed by atoms with Crippen molar-refractivity contribution >= 4 is 11.7 Å². The number of piperidine rings is 1. The second-order valence-corrected chi connectivity index (χ2v) is 4.92. The van der Waals surface area contributed by atoms with E-state index in [0.717, 1.165) is 19.4 Å². The summed E-state index contributed by atoms with van der Waals surface area (Å²) in [6.07, 6.45) is 2.13. The number of nitrogen functional groups attached to an aromatic ring is 1. The Morgan fingerprint density at radius 1 is 1.47 bits per heavy atom. The highest BCUT2D eigenvalue weighted by molar-refractivity contribution is 5.92. The van der Waals surface area contributed by atoms with Crippen molar-refractivity contribution in [3.05, 3.63) is 23.9 Å². The first-order valence-corrected chi connectivity index (χ1v) is 6.11. The molecule has 0 spiro atoms. The normalized spacial score (nSPS) is 24.7. The van der Waals surface area contributed by atoms with Crippen molar-refractivity contribution < 1.29 is 4.79 Å². The van der Waals surface area contributed by atoms with Crippen molar-refractivity contribution in [2.24, 2.45) is 5.92 Å². The third kappa shape index (κ3) is 2.57. The van der Waals surface area contributed by atoms with Crippen molar-refractivity contribution in [2.45, 2.75) is 32.7 Å². The van der Waals surface area contributed by atoms with Gasteiger partial charge >= 0.3 is 0 Å². The monoisotopic (exact) mass is 233 g/mol. The first-order valence-electron chi connectivity index (χ1n) is 6.11. The third-order valence-electron chi connectivity index (χ3n) is 3.39. The minimum absolute atomic E-state index is 0.00306. The minimum atomic E-state index is -0.00306. The van der Waals surface area contributed by atoms with Crippen LogP contribution in [0.5, 0.6) is 0 Å². The van der Waals surface area contributed by atoms with Gasteiger partial charge in [0, 0.05) is 12.6 Å². The highest BCUT2D eigenvalue weighted by atomic mass is 16.2. The molecule has 1 aliphatic rings. The SMILES string of the molecule is CC1CCN(C(=O)c2cccc(N)n2)C(C)C1. The van der Waals surface area contributed by atoms with Gasteiger partial charge in [0.05, 0.1) is 0 Å². The van der Waals surface area contributed by atoms with Gasteiger partial charge in [0.2, 0.25) is 0 Å². The fourth-order valence-electron chi connectivity index (χ4n) is 2.43. The summed E-state index contributed by atoms with van der Waals surface area (Å²) in [5.41, 5.74) is 6.05. The predicted octanol–water partition coefficient (Wildman–Crippen LogP) is 1.92. The van der Waals surface area contributed by atoms with Gasteiger partial charge in [-0.3, -0.25) is 4.79 Å². The van der Waals surface area contributed by atoms with E-state index in [-0.39, 0.29) is 11.9 Å². The van der Waals surface area contributed by atoms with E-state index in [4.69, 9.17) is 5.73 Å². The number of carbonyl (C=O) groups excluding carboxylic acids is 1. The van der Waals surface area contributed by atoms with E-state index in [1.807, 2.05) is 4.90 Å². The predicted molar refractivity (Wildman–Crippen MR) is 67.5 cm³/mol. The average Bonchev–Trinajstić information content (AvgIpc) is 2.28. The Labute approximate surface area is 102 Å². The summed E-state index contributed by atoms with van der Waals surface area (Å²) >= 11 is 0. The number of pyridine rings is 1. The van der Waals surface area contributed by atoms with Gasteiger partial charge in [-0.2, -0.15) is 0 Å². The summed E-state index contributed by atoms with van der Waals surface area (Å²) in [6.45, 7) is 5.15. The van der Waals surface area contributed by atoms with Gasteiger partial charge in [-0.15, -0.1) is 0 Å². The summed E-state index contributed by atoms with van der Waals surface area (Å²) in [6, 6.07) is 5.48. The molecule has 1 aromatic rings. The molecule has 0 bridgehead atoms. The summed E-state index contributed by atoms with van der Waals surface area (Å²) < 4.78 is 0. The molecule has 92 valence electrons. The highest BCUT2D eigenvalue weighted by Crippen LogP contribution is 2.23. The van der Waals surface area contributed by atoms with Crippen LogP contribution in [0.3, 0.4) is 0 Å². The van der Waals surface area contributed by atoms with Crippen LogP contribution in [0.15, 0.2) is 18.2 Å². The zero-order chi connectivity index (χ0) is 12.4. The molecular weight excluding hydrogens is 214 g/mol. The Morgan fingerprint density at radius 2 is 2.24 bits per heavy atom. The number of anilines is 1. The lowest BCUT2D eigenvalue weighted by molar-refractivity contribution is 0.0583. The highest BCUT2D eigenvalue weighted by Gasteiger charge is 2.27. The van der Waals surface area contributed by atoms with Crippen molar-refractivity contribution in [1.29, 1.82) is 0 Å². The molecule has 0 radical (unpaired) electrons. The Morgan fingerprint density at radius 3 is 2.88 bits per heavy atom. The van der Waals surface area contributed by atoms with Crippen LogP contribution in [-0.2, 0) is 0 Å². The fourth-order valence-corrected chi connectivity index (χ4v) is 2.43. The van der Waals surface area contributed by atoms with Gasteiger partial charge in [-0.05, 0) is 37.8 Å². The van der Waals surface area contributed by atoms with Crippen molar-refractivity contribution in [3.8, 4) is 0 Å². The Hall–Kier alpha value is -1.58. The molecule has 2 heterocycles. The molecule has 1 aromatic heterocycles. The number of nitrogens with two attached hydrogens (primary N) is 1. The van der Waals surface area contributed by atoms with Crippen LogP contribution >= 0.6 is 0 Å². The molecule has 17 heavy (non-hydrogen) atoms. The molecule has 2 rings (SSSR count).